The number of ether oxygens (including phenoxy) is 2. The van der Waals surface area contributed by atoms with E-state index in [1.807, 2.05) is 29.2 Å². The molecule has 1 aliphatic carbocycles. The smallest absolute Gasteiger partial charge is 0.264 e. The Hall–Kier alpha value is -5.90. The summed E-state index contributed by atoms with van der Waals surface area (Å²) in [6.45, 7) is 5.27. The van der Waals surface area contributed by atoms with E-state index in [0.29, 0.717) is 44.1 Å². The lowest BCUT2D eigenvalue weighted by Gasteiger charge is -2.35. The summed E-state index contributed by atoms with van der Waals surface area (Å²) < 4.78 is 11.9. The fraction of sp³-hybridized carbons (Fsp3) is 0.405. The van der Waals surface area contributed by atoms with Crippen LogP contribution in [0, 0.1) is 0 Å². The van der Waals surface area contributed by atoms with Gasteiger partial charge in [-0.2, -0.15) is 5.10 Å². The fourth-order valence-electron chi connectivity index (χ4n) is 6.99. The molecule has 8 rings (SSSR count). The number of carbonyl (C=O) groups is 5. The minimum absolute atomic E-state index is 0.000544. The number of piperazine rings is 1. The van der Waals surface area contributed by atoms with Crippen LogP contribution in [0.1, 0.15) is 59.7 Å². The van der Waals surface area contributed by atoms with Crippen molar-refractivity contribution >= 4 is 51.9 Å². The standard InChI is InChI=1S/C37H39N9O7/c1-37(10-11-37)53-22-5-6-25-24(19-22)33(43-42-25)27-20-29(40-21-39-27)44-13-15-45(16-14-44)31(48)9-17-52-18-12-38-26-4-2-3-23-32(26)36(51)46(35(23)50)28-7-8-30(47)41-34(28)49/h2-6,19-21,28,38H,7-18H2,1H3,(H,42,43)(H,41,47,49). The van der Waals surface area contributed by atoms with Crippen LogP contribution in [0.15, 0.2) is 48.8 Å². The number of rotatable bonds is 12. The van der Waals surface area contributed by atoms with Gasteiger partial charge in [-0.25, -0.2) is 9.97 Å². The highest BCUT2D eigenvalue weighted by Gasteiger charge is 2.45. The quantitative estimate of drug-likeness (QED) is 0.143. The van der Waals surface area contributed by atoms with Gasteiger partial charge in [-0.05, 0) is 56.5 Å². The molecule has 0 spiro atoms. The van der Waals surface area contributed by atoms with Gasteiger partial charge in [-0.15, -0.1) is 0 Å². The van der Waals surface area contributed by atoms with Crippen molar-refractivity contribution in [3.05, 3.63) is 59.9 Å². The number of fused-ring (bicyclic) bond motifs is 2. The van der Waals surface area contributed by atoms with Crippen LogP contribution >= 0.6 is 0 Å². The summed E-state index contributed by atoms with van der Waals surface area (Å²) >= 11 is 0. The van der Waals surface area contributed by atoms with E-state index in [4.69, 9.17) is 9.47 Å². The van der Waals surface area contributed by atoms with Gasteiger partial charge in [0.15, 0.2) is 0 Å². The second-order valence-electron chi connectivity index (χ2n) is 13.9. The van der Waals surface area contributed by atoms with E-state index in [2.05, 4.69) is 42.6 Å². The summed E-state index contributed by atoms with van der Waals surface area (Å²) in [5, 5.41) is 13.9. The first-order valence-electron chi connectivity index (χ1n) is 17.9. The molecular formula is C37H39N9O7. The Labute approximate surface area is 304 Å². The number of aromatic amines is 1. The number of imide groups is 2. The van der Waals surface area contributed by atoms with Crippen LogP contribution in [-0.4, -0.2) is 117 Å². The summed E-state index contributed by atoms with van der Waals surface area (Å²) in [6.07, 6.45) is 4.01. The summed E-state index contributed by atoms with van der Waals surface area (Å²) in [4.78, 5) is 77.2. The highest BCUT2D eigenvalue weighted by Crippen LogP contribution is 2.40. The van der Waals surface area contributed by atoms with Gasteiger partial charge >= 0.3 is 0 Å². The van der Waals surface area contributed by atoms with Crippen molar-refractivity contribution < 1.29 is 33.4 Å². The van der Waals surface area contributed by atoms with E-state index in [9.17, 15) is 24.0 Å². The summed E-state index contributed by atoms with van der Waals surface area (Å²) in [5.74, 6) is -0.644. The Morgan fingerprint density at radius 1 is 1.00 bits per heavy atom. The van der Waals surface area contributed by atoms with Crippen LogP contribution in [-0.2, 0) is 19.1 Å². The van der Waals surface area contributed by atoms with Gasteiger partial charge in [0.1, 0.15) is 35.2 Å². The van der Waals surface area contributed by atoms with Gasteiger partial charge in [0.25, 0.3) is 11.8 Å². The minimum atomic E-state index is -1.03. The first-order chi connectivity index (χ1) is 25.7. The van der Waals surface area contributed by atoms with Gasteiger partial charge in [0.05, 0.1) is 42.0 Å². The molecule has 3 aliphatic heterocycles. The van der Waals surface area contributed by atoms with Gasteiger partial charge < -0.3 is 24.6 Å². The van der Waals surface area contributed by atoms with Crippen LogP contribution < -0.4 is 20.3 Å². The van der Waals surface area contributed by atoms with E-state index < -0.39 is 29.7 Å². The average Bonchev–Trinajstić information content (AvgIpc) is 3.64. The molecule has 2 aromatic heterocycles. The van der Waals surface area contributed by atoms with E-state index in [0.717, 1.165) is 45.9 Å². The zero-order valence-electron chi connectivity index (χ0n) is 29.2. The highest BCUT2D eigenvalue weighted by molar-refractivity contribution is 6.25. The number of aromatic nitrogens is 4. The predicted octanol–water partition coefficient (Wildman–Crippen LogP) is 2.52. The summed E-state index contributed by atoms with van der Waals surface area (Å²) in [7, 11) is 0. The monoisotopic (exact) mass is 721 g/mol. The number of carbonyl (C=O) groups excluding carboxylic acids is 5. The number of amides is 5. The van der Waals surface area contributed by atoms with Crippen LogP contribution in [0.2, 0.25) is 0 Å². The first-order valence-corrected chi connectivity index (χ1v) is 17.9. The van der Waals surface area contributed by atoms with E-state index in [-0.39, 0.29) is 55.1 Å². The van der Waals surface area contributed by atoms with Gasteiger partial charge in [-0.3, -0.25) is 39.3 Å². The summed E-state index contributed by atoms with van der Waals surface area (Å²) in [5.41, 5.74) is 3.08. The maximum absolute atomic E-state index is 13.3. The molecule has 1 unspecified atom stereocenters. The number of H-pyrrole nitrogens is 1. The molecule has 2 saturated heterocycles. The number of benzene rings is 2. The van der Waals surface area contributed by atoms with E-state index in [1.54, 1.807) is 24.5 Å². The first kappa shape index (κ1) is 34.2. The van der Waals surface area contributed by atoms with Gasteiger partial charge in [0.2, 0.25) is 17.7 Å². The third kappa shape index (κ3) is 6.89. The molecule has 274 valence electrons. The Bertz CT molecular complexity index is 2120. The second kappa shape index (κ2) is 13.9. The van der Waals surface area contributed by atoms with Crippen molar-refractivity contribution in [2.24, 2.45) is 0 Å². The van der Waals surface area contributed by atoms with E-state index in [1.165, 1.54) is 0 Å². The molecular weight excluding hydrogens is 682 g/mol. The molecule has 0 radical (unpaired) electrons. The lowest BCUT2D eigenvalue weighted by atomic mass is 10.0. The van der Waals surface area contributed by atoms with Crippen LogP contribution in [0.4, 0.5) is 11.5 Å². The topological polar surface area (TPSA) is 192 Å². The maximum atomic E-state index is 13.3. The lowest BCUT2D eigenvalue weighted by Crippen LogP contribution is -2.54. The second-order valence-corrected chi connectivity index (χ2v) is 13.9. The van der Waals surface area contributed by atoms with Crippen molar-refractivity contribution in [2.75, 3.05) is 56.2 Å². The number of hydrogen-bond acceptors (Lipinski definition) is 12. The SMILES string of the molecule is CC1(Oc2ccc3[nH]nc(-c4cc(N5CCN(C(=O)CCOCCNc6cccc7c6C(=O)N(C6CCC(=O)NC6=O)C7=O)CC5)ncn4)c3c2)CC1. The Morgan fingerprint density at radius 2 is 1.83 bits per heavy atom. The highest BCUT2D eigenvalue weighted by atomic mass is 16.5. The molecule has 1 saturated carbocycles. The van der Waals surface area contributed by atoms with Crippen molar-refractivity contribution in [1.82, 2.24) is 35.3 Å². The van der Waals surface area contributed by atoms with Gasteiger partial charge in [-0.1, -0.05) is 6.07 Å². The van der Waals surface area contributed by atoms with Crippen LogP contribution in [0.3, 0.4) is 0 Å². The number of hydrogen-bond donors (Lipinski definition) is 3. The van der Waals surface area contributed by atoms with Crippen LogP contribution in [0.5, 0.6) is 5.75 Å². The number of anilines is 2. The Morgan fingerprint density at radius 3 is 2.62 bits per heavy atom. The molecule has 2 aromatic carbocycles. The van der Waals surface area contributed by atoms with Crippen molar-refractivity contribution in [3.63, 3.8) is 0 Å². The maximum Gasteiger partial charge on any atom is 0.264 e. The van der Waals surface area contributed by atoms with Crippen LogP contribution in [0.25, 0.3) is 22.3 Å². The van der Waals surface area contributed by atoms with Crippen molar-refractivity contribution in [1.29, 1.82) is 0 Å². The molecule has 4 aliphatic rings. The molecule has 4 aromatic rings. The van der Waals surface area contributed by atoms with E-state index >= 15 is 0 Å². The average molecular weight is 722 g/mol. The lowest BCUT2D eigenvalue weighted by molar-refractivity contribution is -0.136. The number of nitrogens with zero attached hydrogens (tertiary/aromatic N) is 6. The Balaban J connectivity index is 0.791. The molecule has 0 bridgehead atoms. The molecule has 53 heavy (non-hydrogen) atoms. The molecule has 5 amide bonds. The number of nitrogens with one attached hydrogen (secondary N) is 3. The summed E-state index contributed by atoms with van der Waals surface area (Å²) in [6, 6.07) is 11.7. The molecule has 3 N–H and O–H groups in total. The van der Waals surface area contributed by atoms with Gasteiger partial charge in [0, 0.05) is 56.3 Å². The van der Waals surface area contributed by atoms with Crippen molar-refractivity contribution in [2.45, 2.75) is 50.7 Å². The number of piperidine rings is 1. The third-order valence-electron chi connectivity index (χ3n) is 10.2. The minimum Gasteiger partial charge on any atom is -0.488 e. The third-order valence-corrected chi connectivity index (χ3v) is 10.2. The molecule has 16 heteroatoms. The largest absolute Gasteiger partial charge is 0.488 e. The zero-order valence-corrected chi connectivity index (χ0v) is 29.2. The molecule has 3 fully saturated rings. The normalized spacial score (nSPS) is 19.4. The molecule has 16 nitrogen and oxygen atoms in total. The fourth-order valence-corrected chi connectivity index (χ4v) is 6.99. The Kier molecular flexibility index (Phi) is 8.98. The zero-order chi connectivity index (χ0) is 36.7. The molecule has 1 atom stereocenters. The van der Waals surface area contributed by atoms with Crippen molar-refractivity contribution in [3.8, 4) is 17.1 Å². The predicted molar refractivity (Wildman–Crippen MR) is 191 cm³/mol. The molecule has 5 heterocycles.